The fourth-order valence-corrected chi connectivity index (χ4v) is 9.11. The van der Waals surface area contributed by atoms with Crippen molar-refractivity contribution >= 4 is 106 Å². The van der Waals surface area contributed by atoms with Gasteiger partial charge in [-0.1, -0.05) is 127 Å². The fourth-order valence-electron chi connectivity index (χ4n) is 8.10. The van der Waals surface area contributed by atoms with Crippen LogP contribution in [-0.2, 0) is 0 Å². The number of hydrogen-bond acceptors (Lipinski definition) is 1. The average Bonchev–Trinajstić information content (AvgIpc) is 3.74. The quantitative estimate of drug-likeness (QED) is 0.102. The number of para-hydroxylation sites is 4. The van der Waals surface area contributed by atoms with Crippen molar-refractivity contribution in [3.05, 3.63) is 127 Å². The smallest absolute Gasteiger partial charge is 0.332 e. The van der Waals surface area contributed by atoms with Crippen LogP contribution in [0.5, 0.6) is 0 Å². The molecule has 0 fully saturated rings. The summed E-state index contributed by atoms with van der Waals surface area (Å²) in [4.78, 5) is 0. The van der Waals surface area contributed by atoms with Gasteiger partial charge < -0.3 is 13.5 Å². The molecule has 214 valence electrons. The molecule has 1 unspecified atom stereocenters. The number of aromatic nitrogens is 2. The maximum absolute atomic E-state index is 6.73. The van der Waals surface area contributed by atoms with E-state index in [1.807, 2.05) is 0 Å². The number of nitrogens with zero attached hydrogens (tertiary/aromatic N) is 2. The van der Waals surface area contributed by atoms with E-state index < -0.39 is 0 Å². The lowest BCUT2D eigenvalue weighted by Gasteiger charge is -2.28. The summed E-state index contributed by atoms with van der Waals surface area (Å²) < 4.78 is 12.3. The average molecular weight is 690 g/mol. The molecule has 0 amide bonds. The van der Waals surface area contributed by atoms with E-state index >= 15 is 0 Å². The molecule has 0 spiro atoms. The Hall–Kier alpha value is -4.49. The summed E-state index contributed by atoms with van der Waals surface area (Å²) in [7, 11) is 0. The molecular weight excluding hydrogens is 662 g/mol. The first-order chi connectivity index (χ1) is 22.2. The highest BCUT2D eigenvalue weighted by atomic mass is 127. The maximum Gasteiger partial charge on any atom is 0.332 e. The molecular formula is C40H28BIN2O. The van der Waals surface area contributed by atoms with Crippen molar-refractivity contribution in [1.29, 1.82) is 0 Å². The van der Waals surface area contributed by atoms with E-state index in [4.69, 9.17) is 4.42 Å². The Balaban J connectivity index is 1.37. The Kier molecular flexibility index (Phi) is 5.45. The predicted octanol–water partition coefficient (Wildman–Crippen LogP) is 10.0. The van der Waals surface area contributed by atoms with E-state index in [0.717, 1.165) is 27.5 Å². The first kappa shape index (κ1) is 25.8. The number of halogens is 1. The molecule has 0 N–H and O–H groups in total. The molecule has 0 aliphatic carbocycles. The Labute approximate surface area is 274 Å². The Bertz CT molecular complexity index is 2660. The van der Waals surface area contributed by atoms with E-state index in [0.29, 0.717) is 3.92 Å². The summed E-state index contributed by atoms with van der Waals surface area (Å²) in [5.41, 5.74) is 12.1. The number of alkyl halides is 1. The molecule has 1 atom stereocenters. The highest BCUT2D eigenvalue weighted by molar-refractivity contribution is 14.1. The van der Waals surface area contributed by atoms with Gasteiger partial charge in [0.2, 0.25) is 0 Å². The Morgan fingerprint density at radius 1 is 0.644 bits per heavy atom. The van der Waals surface area contributed by atoms with Gasteiger partial charge in [-0.25, -0.2) is 0 Å². The van der Waals surface area contributed by atoms with Crippen LogP contribution in [0.2, 0.25) is 0 Å². The van der Waals surface area contributed by atoms with Crippen molar-refractivity contribution < 1.29 is 4.42 Å². The lowest BCUT2D eigenvalue weighted by atomic mass is 9.48. The molecule has 5 heteroatoms. The minimum Gasteiger partial charge on any atom is -0.454 e. The third kappa shape index (κ3) is 3.42. The summed E-state index contributed by atoms with van der Waals surface area (Å²) in [6.45, 7) is 2.25. The lowest BCUT2D eigenvalue weighted by Crippen LogP contribution is -2.53. The number of rotatable bonds is 4. The summed E-state index contributed by atoms with van der Waals surface area (Å²) in [6.07, 6.45) is 2.36. The zero-order valence-corrected chi connectivity index (χ0v) is 27.0. The normalized spacial score (nSPS) is 13.6. The van der Waals surface area contributed by atoms with Crippen LogP contribution < -0.4 is 10.9 Å². The van der Waals surface area contributed by atoms with E-state index in [2.05, 4.69) is 160 Å². The molecule has 6 aromatic carbocycles. The first-order valence-electron chi connectivity index (χ1n) is 15.9. The number of fused-ring (bicyclic) bond motifs is 12. The summed E-state index contributed by atoms with van der Waals surface area (Å²) in [5.74, 6) is 0. The molecule has 1 aliphatic heterocycles. The van der Waals surface area contributed by atoms with Gasteiger partial charge >= 0.3 is 6.85 Å². The van der Waals surface area contributed by atoms with Gasteiger partial charge in [-0.2, -0.15) is 0 Å². The van der Waals surface area contributed by atoms with Gasteiger partial charge in [-0.05, 0) is 53.2 Å². The topological polar surface area (TPSA) is 23.0 Å². The second kappa shape index (κ2) is 9.51. The van der Waals surface area contributed by atoms with Crippen molar-refractivity contribution in [3.63, 3.8) is 0 Å². The van der Waals surface area contributed by atoms with E-state index in [1.165, 1.54) is 73.1 Å². The SMILES string of the molecule is CCCC(I)c1ccc2c3cccc4c3n(c2c1)-c1ccccc1B4n1c2ccccc2c2ccc3c4ccccc4oc3c21. The van der Waals surface area contributed by atoms with Crippen LogP contribution in [-0.4, -0.2) is 15.9 Å². The third-order valence-corrected chi connectivity index (χ3v) is 11.3. The molecule has 3 nitrogen and oxygen atoms in total. The molecule has 10 rings (SSSR count). The van der Waals surface area contributed by atoms with Crippen LogP contribution in [0.3, 0.4) is 0 Å². The van der Waals surface area contributed by atoms with Crippen LogP contribution in [0.15, 0.2) is 126 Å². The molecule has 0 bridgehead atoms. The molecule has 3 aromatic heterocycles. The molecule has 0 saturated heterocycles. The van der Waals surface area contributed by atoms with E-state index in [-0.39, 0.29) is 6.85 Å². The maximum atomic E-state index is 6.73. The summed E-state index contributed by atoms with van der Waals surface area (Å²) in [5, 5.41) is 7.41. The zero-order chi connectivity index (χ0) is 29.8. The highest BCUT2D eigenvalue weighted by Crippen LogP contribution is 2.41. The number of hydrogen-bond donors (Lipinski definition) is 0. The molecule has 9 aromatic rings. The van der Waals surface area contributed by atoms with Crippen molar-refractivity contribution in [2.24, 2.45) is 0 Å². The third-order valence-electron chi connectivity index (χ3n) is 9.99. The Morgan fingerprint density at radius 2 is 1.33 bits per heavy atom. The van der Waals surface area contributed by atoms with Gasteiger partial charge in [-0.15, -0.1) is 0 Å². The van der Waals surface area contributed by atoms with Gasteiger partial charge in [0.05, 0.1) is 16.6 Å². The number of benzene rings is 6. The monoisotopic (exact) mass is 690 g/mol. The molecule has 0 radical (unpaired) electrons. The van der Waals surface area contributed by atoms with Crippen molar-refractivity contribution in [1.82, 2.24) is 9.05 Å². The van der Waals surface area contributed by atoms with Gasteiger partial charge in [0, 0.05) is 47.4 Å². The van der Waals surface area contributed by atoms with Crippen molar-refractivity contribution in [2.75, 3.05) is 0 Å². The zero-order valence-electron chi connectivity index (χ0n) is 24.8. The van der Waals surface area contributed by atoms with Gasteiger partial charge in [0.25, 0.3) is 0 Å². The standard InChI is InChI=1S/C40H28BIN2O/c1-2-10-33(42)24-19-20-26-28-13-9-15-32-38(28)43(36(26)23-24)35-17-7-5-14-31(35)41(32)44-34-16-6-3-11-25(34)29-21-22-30-27-12-4-8-18-37(27)45-40(30)39(29)44/h3-9,11-23,33H,2,10H2,1H3. The minimum atomic E-state index is -0.0280. The number of furan rings is 1. The summed E-state index contributed by atoms with van der Waals surface area (Å²) in [6, 6.07) is 44.9. The lowest BCUT2D eigenvalue weighted by molar-refractivity contribution is 0.671. The largest absolute Gasteiger partial charge is 0.454 e. The van der Waals surface area contributed by atoms with E-state index in [1.54, 1.807) is 0 Å². The molecule has 1 aliphatic rings. The van der Waals surface area contributed by atoms with Crippen LogP contribution in [0.25, 0.3) is 71.2 Å². The summed E-state index contributed by atoms with van der Waals surface area (Å²) >= 11 is 2.62. The van der Waals surface area contributed by atoms with Crippen molar-refractivity contribution in [3.8, 4) is 5.69 Å². The molecule has 0 saturated carbocycles. The van der Waals surface area contributed by atoms with Gasteiger partial charge in [-0.3, -0.25) is 0 Å². The van der Waals surface area contributed by atoms with Crippen molar-refractivity contribution in [2.45, 2.75) is 23.7 Å². The van der Waals surface area contributed by atoms with Crippen LogP contribution in [0.4, 0.5) is 0 Å². The van der Waals surface area contributed by atoms with Gasteiger partial charge in [0.1, 0.15) is 5.58 Å². The van der Waals surface area contributed by atoms with Crippen LogP contribution in [0, 0.1) is 0 Å². The fraction of sp³-hybridized carbons (Fsp3) is 0.100. The van der Waals surface area contributed by atoms with Crippen LogP contribution >= 0.6 is 22.6 Å². The second-order valence-corrected chi connectivity index (χ2v) is 13.9. The minimum absolute atomic E-state index is 0.0280. The highest BCUT2D eigenvalue weighted by Gasteiger charge is 2.36. The van der Waals surface area contributed by atoms with Gasteiger partial charge in [0.15, 0.2) is 5.58 Å². The Morgan fingerprint density at radius 3 is 2.24 bits per heavy atom. The molecule has 45 heavy (non-hydrogen) atoms. The predicted molar refractivity (Wildman–Crippen MR) is 200 cm³/mol. The molecule has 4 heterocycles. The second-order valence-electron chi connectivity index (χ2n) is 12.4. The first-order valence-corrected chi connectivity index (χ1v) is 17.1. The van der Waals surface area contributed by atoms with Crippen LogP contribution in [0.1, 0.15) is 29.3 Å². The van der Waals surface area contributed by atoms with E-state index in [9.17, 15) is 0 Å².